The van der Waals surface area contributed by atoms with Gasteiger partial charge in [0.1, 0.15) is 0 Å². The maximum Gasteiger partial charge on any atom is 0.0561 e. The zero-order valence-electron chi connectivity index (χ0n) is 26.9. The molecule has 0 fully saturated rings. The molecule has 8 aromatic carbocycles. The smallest absolute Gasteiger partial charge is 0.0561 e. The lowest BCUT2D eigenvalue weighted by Crippen LogP contribution is -2.11. The van der Waals surface area contributed by atoms with Crippen LogP contribution < -0.4 is 4.90 Å². The van der Waals surface area contributed by atoms with E-state index in [0.717, 1.165) is 5.69 Å². The Kier molecular flexibility index (Phi) is 6.03. The van der Waals surface area contributed by atoms with Gasteiger partial charge in [0, 0.05) is 62.5 Å². The maximum atomic E-state index is 2.55. The fraction of sp³-hybridized carbons (Fsp3) is 0. The third kappa shape index (κ3) is 4.01. The molecule has 0 bridgehead atoms. The lowest BCUT2D eigenvalue weighted by molar-refractivity contribution is 1.18. The van der Waals surface area contributed by atoms with Crippen molar-refractivity contribution in [2.75, 3.05) is 4.90 Å². The van der Waals surface area contributed by atoms with E-state index in [9.17, 15) is 0 Å². The Labute approximate surface area is 296 Å². The van der Waals surface area contributed by atoms with Crippen molar-refractivity contribution in [2.45, 2.75) is 0 Å². The normalized spacial score (nSPS) is 12.0. The first-order chi connectivity index (χ1) is 24.8. The molecule has 0 amide bonds. The molecule has 4 heteroatoms. The topological polar surface area (TPSA) is 8.17 Å². The number of thiophene rings is 2. The van der Waals surface area contributed by atoms with Gasteiger partial charge in [-0.05, 0) is 77.5 Å². The lowest BCUT2D eigenvalue weighted by atomic mass is 10.0. The summed E-state index contributed by atoms with van der Waals surface area (Å²) >= 11 is 3.77. The van der Waals surface area contributed by atoms with Gasteiger partial charge in [-0.3, -0.25) is 0 Å². The molecule has 0 spiro atoms. The van der Waals surface area contributed by atoms with Crippen molar-refractivity contribution in [3.05, 3.63) is 170 Å². The SMILES string of the molecule is c1ccc(-n2c3ccccc3c3cc(N(c4cccc5sc6ccccc6c45)c4cc5ccccc5c5sc6ccccc6c45)ccc32)cc1. The number of benzene rings is 8. The molecular weight excluding hydrogens is 645 g/mol. The Hall–Kier alpha value is -5.94. The van der Waals surface area contributed by atoms with Crippen LogP contribution in [0, 0.1) is 0 Å². The molecule has 0 saturated carbocycles. The summed E-state index contributed by atoms with van der Waals surface area (Å²) in [7, 11) is 0. The van der Waals surface area contributed by atoms with Crippen molar-refractivity contribution in [3.63, 3.8) is 0 Å². The summed E-state index contributed by atoms with van der Waals surface area (Å²) in [5, 5.41) is 10.2. The van der Waals surface area contributed by atoms with Crippen molar-refractivity contribution in [3.8, 4) is 5.69 Å². The minimum Gasteiger partial charge on any atom is -0.309 e. The number of hydrogen-bond donors (Lipinski definition) is 0. The number of hydrogen-bond acceptors (Lipinski definition) is 3. The molecule has 0 aliphatic rings. The van der Waals surface area contributed by atoms with Crippen LogP contribution in [0.4, 0.5) is 17.1 Å². The standard InChI is InChI=1S/C46H28N2S2/c1-2-14-30(15-3-1)47-37-20-9-6-17-33(37)36-28-31(25-26-38(36)47)48(39-21-12-24-43-44(39)34-18-7-10-22-41(34)49-43)40-27-29-13-4-5-16-32(29)46-45(40)35-19-8-11-23-42(35)50-46/h1-28H. The van der Waals surface area contributed by atoms with Gasteiger partial charge in [-0.2, -0.15) is 0 Å². The number of anilines is 3. The largest absolute Gasteiger partial charge is 0.309 e. The van der Waals surface area contributed by atoms with E-state index in [1.165, 1.54) is 90.0 Å². The van der Waals surface area contributed by atoms with Gasteiger partial charge in [-0.15, -0.1) is 22.7 Å². The summed E-state index contributed by atoms with van der Waals surface area (Å²) in [6.45, 7) is 0. The van der Waals surface area contributed by atoms with Crippen LogP contribution in [-0.2, 0) is 0 Å². The van der Waals surface area contributed by atoms with Crippen molar-refractivity contribution in [1.82, 2.24) is 4.57 Å². The molecule has 0 N–H and O–H groups in total. The molecule has 0 radical (unpaired) electrons. The van der Waals surface area contributed by atoms with Gasteiger partial charge in [-0.1, -0.05) is 103 Å². The molecular formula is C46H28N2S2. The molecule has 3 aromatic heterocycles. The van der Waals surface area contributed by atoms with Crippen molar-refractivity contribution in [1.29, 1.82) is 0 Å². The second-order valence-electron chi connectivity index (χ2n) is 12.9. The zero-order chi connectivity index (χ0) is 32.8. The van der Waals surface area contributed by atoms with E-state index in [1.807, 2.05) is 22.7 Å². The van der Waals surface area contributed by atoms with Gasteiger partial charge < -0.3 is 9.47 Å². The van der Waals surface area contributed by atoms with Gasteiger partial charge in [-0.25, -0.2) is 0 Å². The highest BCUT2D eigenvalue weighted by Crippen LogP contribution is 2.51. The Balaban J connectivity index is 1.29. The molecule has 11 aromatic rings. The van der Waals surface area contributed by atoms with Crippen LogP contribution in [0.2, 0.25) is 0 Å². The van der Waals surface area contributed by atoms with Crippen LogP contribution in [-0.4, -0.2) is 4.57 Å². The third-order valence-corrected chi connectivity index (χ3v) is 12.5. The fourth-order valence-electron chi connectivity index (χ4n) is 8.02. The van der Waals surface area contributed by atoms with E-state index < -0.39 is 0 Å². The van der Waals surface area contributed by atoms with Crippen LogP contribution in [0.3, 0.4) is 0 Å². The Morgan fingerprint density at radius 2 is 1.04 bits per heavy atom. The minimum atomic E-state index is 1.14. The van der Waals surface area contributed by atoms with Gasteiger partial charge in [0.05, 0.1) is 22.4 Å². The highest BCUT2D eigenvalue weighted by molar-refractivity contribution is 7.27. The van der Waals surface area contributed by atoms with Crippen molar-refractivity contribution >= 4 is 113 Å². The molecule has 50 heavy (non-hydrogen) atoms. The van der Waals surface area contributed by atoms with Crippen molar-refractivity contribution in [2.24, 2.45) is 0 Å². The van der Waals surface area contributed by atoms with Gasteiger partial charge in [0.25, 0.3) is 0 Å². The highest BCUT2D eigenvalue weighted by atomic mass is 32.1. The summed E-state index contributed by atoms with van der Waals surface area (Å²) in [4.78, 5) is 2.55. The quantitative estimate of drug-likeness (QED) is 0.181. The third-order valence-electron chi connectivity index (χ3n) is 10.1. The van der Waals surface area contributed by atoms with E-state index in [2.05, 4.69) is 179 Å². The average molecular weight is 673 g/mol. The first kappa shape index (κ1) is 28.0. The first-order valence-corrected chi connectivity index (χ1v) is 18.6. The van der Waals surface area contributed by atoms with Crippen LogP contribution in [0.15, 0.2) is 170 Å². The Bertz CT molecular complexity index is 3110. The van der Waals surface area contributed by atoms with E-state index in [-0.39, 0.29) is 0 Å². The number of fused-ring (bicyclic) bond motifs is 11. The molecule has 0 aliphatic carbocycles. The highest BCUT2D eigenvalue weighted by Gasteiger charge is 2.24. The molecule has 11 rings (SSSR count). The van der Waals surface area contributed by atoms with Crippen LogP contribution in [0.5, 0.6) is 0 Å². The average Bonchev–Trinajstić information content (AvgIpc) is 3.86. The van der Waals surface area contributed by atoms with Crippen LogP contribution in [0.25, 0.3) is 78.6 Å². The molecule has 0 aliphatic heterocycles. The molecule has 0 saturated heterocycles. The van der Waals surface area contributed by atoms with E-state index in [4.69, 9.17) is 0 Å². The van der Waals surface area contributed by atoms with E-state index in [1.54, 1.807) is 0 Å². The molecule has 0 unspecified atom stereocenters. The van der Waals surface area contributed by atoms with E-state index >= 15 is 0 Å². The zero-order valence-corrected chi connectivity index (χ0v) is 28.5. The predicted octanol–water partition coefficient (Wildman–Crippen LogP) is 14.1. The first-order valence-electron chi connectivity index (χ1n) is 16.9. The molecule has 2 nitrogen and oxygen atoms in total. The molecule has 3 heterocycles. The predicted molar refractivity (Wildman–Crippen MR) is 219 cm³/mol. The summed E-state index contributed by atoms with van der Waals surface area (Å²) in [5.41, 5.74) is 7.11. The maximum absolute atomic E-state index is 2.55. The van der Waals surface area contributed by atoms with Gasteiger partial charge >= 0.3 is 0 Å². The van der Waals surface area contributed by atoms with Crippen LogP contribution in [0.1, 0.15) is 0 Å². The van der Waals surface area contributed by atoms with Crippen LogP contribution >= 0.6 is 22.7 Å². The number of rotatable bonds is 4. The Morgan fingerprint density at radius 1 is 0.400 bits per heavy atom. The summed E-state index contributed by atoms with van der Waals surface area (Å²) in [6, 6.07) is 62.4. The number of aromatic nitrogens is 1. The minimum absolute atomic E-state index is 1.14. The molecule has 234 valence electrons. The van der Waals surface area contributed by atoms with Crippen molar-refractivity contribution < 1.29 is 0 Å². The van der Waals surface area contributed by atoms with E-state index in [0.29, 0.717) is 0 Å². The number of para-hydroxylation sites is 2. The van der Waals surface area contributed by atoms with Gasteiger partial charge in [0.2, 0.25) is 0 Å². The number of nitrogens with zero attached hydrogens (tertiary/aromatic N) is 2. The summed E-state index contributed by atoms with van der Waals surface area (Å²) < 4.78 is 7.63. The van der Waals surface area contributed by atoms with Gasteiger partial charge in [0.15, 0.2) is 0 Å². The summed E-state index contributed by atoms with van der Waals surface area (Å²) in [6.07, 6.45) is 0. The second kappa shape index (κ2) is 10.8. The lowest BCUT2D eigenvalue weighted by Gasteiger charge is -2.28. The molecule has 0 atom stereocenters. The Morgan fingerprint density at radius 3 is 1.88 bits per heavy atom. The fourth-order valence-corrected chi connectivity index (χ4v) is 10.4. The summed E-state index contributed by atoms with van der Waals surface area (Å²) in [5.74, 6) is 0. The second-order valence-corrected chi connectivity index (χ2v) is 15.0. The monoisotopic (exact) mass is 672 g/mol.